The maximum Gasteiger partial charge on any atom is 0.283 e. The van der Waals surface area contributed by atoms with Crippen LogP contribution in [0.3, 0.4) is 0 Å². The van der Waals surface area contributed by atoms with Crippen molar-refractivity contribution in [3.63, 3.8) is 0 Å². The van der Waals surface area contributed by atoms with Crippen LogP contribution in [0.4, 0.5) is 5.69 Å². The number of nitro benzene ring substituents is 1. The van der Waals surface area contributed by atoms with Crippen molar-refractivity contribution < 1.29 is 18.9 Å². The number of carbonyl (C=O) groups excluding carboxylic acids is 1. The fourth-order valence-corrected chi connectivity index (χ4v) is 4.31. The van der Waals surface area contributed by atoms with Crippen LogP contribution in [0.1, 0.15) is 11.3 Å². The van der Waals surface area contributed by atoms with E-state index in [0.717, 1.165) is 0 Å². The molecule has 2 aromatic carbocycles. The summed E-state index contributed by atoms with van der Waals surface area (Å²) in [4.78, 5) is 27.2. The molecule has 174 valence electrons. The first-order chi connectivity index (χ1) is 16.9. The summed E-state index contributed by atoms with van der Waals surface area (Å²) in [5, 5.41) is 26.0. The van der Waals surface area contributed by atoms with Crippen molar-refractivity contribution in [2.24, 2.45) is 10.1 Å². The van der Waals surface area contributed by atoms with Crippen LogP contribution in [-0.4, -0.2) is 38.5 Å². The van der Waals surface area contributed by atoms with E-state index in [0.29, 0.717) is 38.6 Å². The fourth-order valence-electron chi connectivity index (χ4n) is 3.51. The number of hydrazone groups is 1. The number of non-ortho nitro benzene ring substituents is 1. The van der Waals surface area contributed by atoms with Crippen molar-refractivity contribution in [2.75, 3.05) is 6.61 Å². The molecular weight excluding hydrogens is 470 g/mol. The first kappa shape index (κ1) is 22.3. The number of aliphatic imine (C=N–C) groups is 1. The molecule has 0 unspecified atom stereocenters. The van der Waals surface area contributed by atoms with Crippen LogP contribution in [0.2, 0.25) is 0 Å². The number of nitro groups is 1. The van der Waals surface area contributed by atoms with E-state index in [1.807, 2.05) is 30.3 Å². The molecule has 0 spiro atoms. The Balaban J connectivity index is 1.35. The van der Waals surface area contributed by atoms with Gasteiger partial charge in [-0.3, -0.25) is 20.3 Å². The zero-order valence-corrected chi connectivity index (χ0v) is 19.1. The predicted molar refractivity (Wildman–Crippen MR) is 132 cm³/mol. The minimum absolute atomic E-state index is 0.00682. The lowest BCUT2D eigenvalue weighted by Crippen LogP contribution is -2.35. The smallest absolute Gasteiger partial charge is 0.283 e. The summed E-state index contributed by atoms with van der Waals surface area (Å²) < 4.78 is 11.5. The number of aryl methyl sites for hydroxylation is 1. The summed E-state index contributed by atoms with van der Waals surface area (Å²) in [6.45, 7) is 1.93. The first-order valence-corrected chi connectivity index (χ1v) is 11.2. The van der Waals surface area contributed by atoms with Crippen LogP contribution >= 0.6 is 11.8 Å². The van der Waals surface area contributed by atoms with Gasteiger partial charge in [-0.2, -0.15) is 15.1 Å². The van der Waals surface area contributed by atoms with Gasteiger partial charge in [0.25, 0.3) is 11.6 Å². The molecule has 0 atom stereocenters. The molecule has 0 saturated carbocycles. The molecule has 1 amide bonds. The predicted octanol–water partition coefficient (Wildman–Crippen LogP) is 4.86. The fraction of sp³-hybridized carbons (Fsp3) is 0.0833. The van der Waals surface area contributed by atoms with Gasteiger partial charge in [0, 0.05) is 17.7 Å². The quantitative estimate of drug-likeness (QED) is 0.298. The van der Waals surface area contributed by atoms with Crippen LogP contribution in [-0.2, 0) is 4.79 Å². The Kier molecular flexibility index (Phi) is 5.75. The molecule has 1 aromatic heterocycles. The lowest BCUT2D eigenvalue weighted by Gasteiger charge is -2.19. The van der Waals surface area contributed by atoms with Gasteiger partial charge in [-0.1, -0.05) is 18.2 Å². The summed E-state index contributed by atoms with van der Waals surface area (Å²) in [6, 6.07) is 17.1. The average molecular weight is 487 g/mol. The number of nitrogens with one attached hydrogen (secondary N) is 1. The zero-order valence-electron chi connectivity index (χ0n) is 18.3. The van der Waals surface area contributed by atoms with Crippen LogP contribution in [0.25, 0.3) is 17.4 Å². The Morgan fingerprint density at radius 1 is 1.20 bits per heavy atom. The van der Waals surface area contributed by atoms with Gasteiger partial charge < -0.3 is 9.15 Å². The van der Waals surface area contributed by atoms with E-state index in [4.69, 9.17) is 14.6 Å². The summed E-state index contributed by atoms with van der Waals surface area (Å²) >= 11 is 1.18. The average Bonchev–Trinajstić information content (AvgIpc) is 3.48. The van der Waals surface area contributed by atoms with Crippen LogP contribution in [0, 0.1) is 22.4 Å². The Morgan fingerprint density at radius 2 is 2.00 bits per heavy atom. The Hall–Kier alpha value is -4.51. The summed E-state index contributed by atoms with van der Waals surface area (Å²) in [6.07, 6.45) is 1.44. The molecule has 0 radical (unpaired) electrons. The molecular formula is C24H17N5O5S. The van der Waals surface area contributed by atoms with E-state index in [-0.39, 0.29) is 23.7 Å². The van der Waals surface area contributed by atoms with Crippen LogP contribution < -0.4 is 4.74 Å². The van der Waals surface area contributed by atoms with E-state index >= 15 is 0 Å². The van der Waals surface area contributed by atoms with Crippen LogP contribution in [0.15, 0.2) is 80.7 Å². The van der Waals surface area contributed by atoms with Crippen molar-refractivity contribution in [3.05, 3.63) is 87.7 Å². The van der Waals surface area contributed by atoms with Gasteiger partial charge >= 0.3 is 0 Å². The highest BCUT2D eigenvalue weighted by molar-refractivity contribution is 8.27. The van der Waals surface area contributed by atoms with E-state index in [1.54, 1.807) is 25.1 Å². The molecule has 3 aromatic rings. The van der Waals surface area contributed by atoms with Crippen molar-refractivity contribution in [2.45, 2.75) is 6.92 Å². The van der Waals surface area contributed by atoms with E-state index in [1.165, 1.54) is 35.0 Å². The van der Waals surface area contributed by atoms with Gasteiger partial charge in [-0.15, -0.1) is 0 Å². The highest BCUT2D eigenvalue weighted by atomic mass is 32.2. The number of amidine groups is 2. The van der Waals surface area contributed by atoms with E-state index in [2.05, 4.69) is 10.1 Å². The lowest BCUT2D eigenvalue weighted by molar-refractivity contribution is -0.384. The minimum Gasteiger partial charge on any atom is -0.487 e. The summed E-state index contributed by atoms with van der Waals surface area (Å²) in [5.41, 5.74) is 1.39. The molecule has 0 aliphatic carbocycles. The molecule has 0 saturated heterocycles. The normalized spacial score (nSPS) is 16.3. The zero-order chi connectivity index (χ0) is 24.5. The molecule has 0 fully saturated rings. The monoisotopic (exact) mass is 487 g/mol. The van der Waals surface area contributed by atoms with E-state index in [9.17, 15) is 14.9 Å². The number of furan rings is 1. The van der Waals surface area contributed by atoms with Crippen molar-refractivity contribution in [3.8, 4) is 17.1 Å². The van der Waals surface area contributed by atoms with Crippen molar-refractivity contribution in [1.29, 1.82) is 5.41 Å². The van der Waals surface area contributed by atoms with E-state index < -0.39 is 10.8 Å². The highest BCUT2D eigenvalue weighted by Gasteiger charge is 2.36. The van der Waals surface area contributed by atoms with Gasteiger partial charge in [0.2, 0.25) is 5.17 Å². The number of hydrogen-bond donors (Lipinski definition) is 1. The lowest BCUT2D eigenvalue weighted by atomic mass is 10.1. The molecule has 0 bridgehead atoms. The maximum atomic E-state index is 12.6. The second-order valence-electron chi connectivity index (χ2n) is 7.57. The molecule has 2 aliphatic rings. The Labute approximate surface area is 203 Å². The van der Waals surface area contributed by atoms with Crippen molar-refractivity contribution >= 4 is 45.5 Å². The number of para-hydroxylation sites is 1. The third-order valence-electron chi connectivity index (χ3n) is 5.20. The standard InChI is InChI=1S/C24H17N5O5S/c1-14-11-15(29(31)32)7-9-18(14)20-10-8-17(34-20)12-19-22(25)28-24(26-23(19)30)35-21(27-28)13-33-16-5-3-2-4-6-16/h2-12,25H,13H2,1H3/b19-12-,25-22?. The summed E-state index contributed by atoms with van der Waals surface area (Å²) in [5.74, 6) is 0.822. The maximum absolute atomic E-state index is 12.6. The first-order valence-electron chi connectivity index (χ1n) is 10.4. The molecule has 3 heterocycles. The Morgan fingerprint density at radius 3 is 2.74 bits per heavy atom. The molecule has 1 N–H and O–H groups in total. The van der Waals surface area contributed by atoms with Gasteiger partial charge in [0.05, 0.1) is 10.5 Å². The number of nitrogens with zero attached hydrogens (tertiary/aromatic N) is 4. The van der Waals surface area contributed by atoms with Gasteiger partial charge in [-0.25, -0.2) is 0 Å². The number of rotatable bonds is 6. The van der Waals surface area contributed by atoms with Gasteiger partial charge in [0.1, 0.15) is 28.9 Å². The summed E-state index contributed by atoms with van der Waals surface area (Å²) in [7, 11) is 0. The molecule has 2 aliphatic heterocycles. The van der Waals surface area contributed by atoms with Crippen molar-refractivity contribution in [1.82, 2.24) is 5.01 Å². The second-order valence-corrected chi connectivity index (χ2v) is 8.61. The highest BCUT2D eigenvalue weighted by Crippen LogP contribution is 2.31. The second kappa shape index (κ2) is 9.03. The third kappa shape index (κ3) is 4.49. The SMILES string of the molecule is Cc1cc([N+](=O)[O-])ccc1-c1ccc(/C=C2/C(=N)N3N=C(COc4ccccc4)SC3=NC2=O)o1. The molecule has 35 heavy (non-hydrogen) atoms. The largest absolute Gasteiger partial charge is 0.487 e. The number of ether oxygens (including phenoxy) is 1. The molecule has 10 nitrogen and oxygen atoms in total. The Bertz CT molecular complexity index is 1460. The third-order valence-corrected chi connectivity index (χ3v) is 6.08. The molecule has 5 rings (SSSR count). The molecule has 11 heteroatoms. The van der Waals surface area contributed by atoms with Gasteiger partial charge in [-0.05, 0) is 60.7 Å². The number of thioether (sulfide) groups is 1. The minimum atomic E-state index is -0.571. The number of benzene rings is 2. The van der Waals surface area contributed by atoms with Gasteiger partial charge in [0.15, 0.2) is 5.84 Å². The number of amides is 1. The number of hydrogen-bond acceptors (Lipinski definition) is 8. The number of carbonyl (C=O) groups is 1. The van der Waals surface area contributed by atoms with Crippen LogP contribution in [0.5, 0.6) is 5.75 Å². The number of fused-ring (bicyclic) bond motifs is 1. The topological polar surface area (TPSA) is 134 Å².